The standard InChI is InChI=1S/C27H50N4O5/c1-18(2)23(17-21(7)25(33)28-12-15-36-16-14-32)30(8)27(35)24(19(3)4)29-26(34)22-11-9-10-13-31(22)20(5)6/h17-20,22-24,32H,9-16H2,1-8H3,(H,28,33)(H,29,34)/b21-17+. The highest BCUT2D eigenvalue weighted by Crippen LogP contribution is 2.21. The van der Waals surface area contributed by atoms with E-state index in [1.165, 1.54) is 0 Å². The second-order valence-electron chi connectivity index (χ2n) is 10.7. The van der Waals surface area contributed by atoms with Crippen LogP contribution in [-0.4, -0.2) is 96.8 Å². The molecule has 0 aromatic carbocycles. The minimum atomic E-state index is -0.647. The Labute approximate surface area is 218 Å². The van der Waals surface area contributed by atoms with Crippen LogP contribution in [0.15, 0.2) is 11.6 Å². The molecule has 0 aliphatic carbocycles. The van der Waals surface area contributed by atoms with Crippen LogP contribution in [0.1, 0.15) is 67.7 Å². The zero-order valence-corrected chi connectivity index (χ0v) is 23.7. The van der Waals surface area contributed by atoms with Crippen LogP contribution >= 0.6 is 0 Å². The first-order valence-corrected chi connectivity index (χ1v) is 13.4. The molecule has 1 aliphatic heterocycles. The number of amides is 3. The van der Waals surface area contributed by atoms with Gasteiger partial charge in [-0.05, 0) is 52.0 Å². The molecule has 208 valence electrons. The fourth-order valence-electron chi connectivity index (χ4n) is 4.61. The van der Waals surface area contributed by atoms with Gasteiger partial charge in [-0.15, -0.1) is 0 Å². The average Bonchev–Trinajstić information content (AvgIpc) is 2.83. The molecule has 3 atom stereocenters. The number of carbonyl (C=O) groups excluding carboxylic acids is 3. The number of likely N-dealkylation sites (N-methyl/N-ethyl adjacent to an activating group) is 1. The molecule has 0 radical (unpaired) electrons. The van der Waals surface area contributed by atoms with Crippen molar-refractivity contribution in [3.8, 4) is 0 Å². The van der Waals surface area contributed by atoms with Gasteiger partial charge in [0.2, 0.25) is 17.7 Å². The summed E-state index contributed by atoms with van der Waals surface area (Å²) in [5.74, 6) is -0.493. The van der Waals surface area contributed by atoms with Crippen molar-refractivity contribution in [2.75, 3.05) is 40.0 Å². The van der Waals surface area contributed by atoms with Gasteiger partial charge in [-0.2, -0.15) is 0 Å². The van der Waals surface area contributed by atoms with Crippen molar-refractivity contribution in [1.82, 2.24) is 20.4 Å². The number of aliphatic hydroxyl groups is 1. The molecule has 1 aliphatic rings. The Morgan fingerprint density at radius 1 is 1.08 bits per heavy atom. The number of aliphatic hydroxyl groups excluding tert-OH is 1. The van der Waals surface area contributed by atoms with Gasteiger partial charge in [-0.1, -0.05) is 40.2 Å². The SMILES string of the molecule is C/C(=C\C(C(C)C)N(C)C(=O)C(NC(=O)C1CCCCN1C(C)C)C(C)C)C(=O)NCCOCCO. The summed E-state index contributed by atoms with van der Waals surface area (Å²) in [4.78, 5) is 43.3. The van der Waals surface area contributed by atoms with Crippen molar-refractivity contribution in [3.05, 3.63) is 11.6 Å². The minimum absolute atomic E-state index is 0.0578. The molecule has 1 saturated heterocycles. The van der Waals surface area contributed by atoms with E-state index in [2.05, 4.69) is 29.4 Å². The predicted molar refractivity (Wildman–Crippen MR) is 142 cm³/mol. The normalized spacial score (nSPS) is 18.9. The molecular weight excluding hydrogens is 460 g/mol. The molecule has 1 fully saturated rings. The topological polar surface area (TPSA) is 111 Å². The van der Waals surface area contributed by atoms with E-state index in [0.29, 0.717) is 18.7 Å². The third-order valence-electron chi connectivity index (χ3n) is 6.77. The average molecular weight is 511 g/mol. The van der Waals surface area contributed by atoms with Crippen LogP contribution in [0.4, 0.5) is 0 Å². The summed E-state index contributed by atoms with van der Waals surface area (Å²) in [5, 5.41) is 14.6. The molecule has 3 N–H and O–H groups in total. The lowest BCUT2D eigenvalue weighted by atomic mass is 9.95. The second-order valence-corrected chi connectivity index (χ2v) is 10.7. The molecule has 1 rings (SSSR count). The number of ether oxygens (including phenoxy) is 1. The third kappa shape index (κ3) is 9.82. The summed E-state index contributed by atoms with van der Waals surface area (Å²) in [5.41, 5.74) is 0.510. The van der Waals surface area contributed by atoms with E-state index < -0.39 is 6.04 Å². The summed E-state index contributed by atoms with van der Waals surface area (Å²) in [6.45, 7) is 15.5. The fraction of sp³-hybridized carbons (Fsp3) is 0.815. The van der Waals surface area contributed by atoms with Gasteiger partial charge < -0.3 is 25.4 Å². The van der Waals surface area contributed by atoms with Crippen molar-refractivity contribution in [2.24, 2.45) is 11.8 Å². The maximum atomic E-state index is 13.6. The van der Waals surface area contributed by atoms with E-state index >= 15 is 0 Å². The highest BCUT2D eigenvalue weighted by molar-refractivity contribution is 5.93. The lowest BCUT2D eigenvalue weighted by Crippen LogP contribution is -2.58. The van der Waals surface area contributed by atoms with E-state index in [-0.39, 0.29) is 60.9 Å². The molecule has 1 heterocycles. The maximum absolute atomic E-state index is 13.6. The van der Waals surface area contributed by atoms with E-state index in [4.69, 9.17) is 9.84 Å². The van der Waals surface area contributed by atoms with Crippen molar-refractivity contribution < 1.29 is 24.2 Å². The smallest absolute Gasteiger partial charge is 0.246 e. The first-order valence-electron chi connectivity index (χ1n) is 13.4. The molecule has 0 aromatic heterocycles. The Bertz CT molecular complexity index is 738. The number of nitrogens with zero attached hydrogens (tertiary/aromatic N) is 2. The molecular formula is C27H50N4O5. The van der Waals surface area contributed by atoms with Crippen LogP contribution < -0.4 is 10.6 Å². The first kappa shape index (κ1) is 32.1. The first-order chi connectivity index (χ1) is 16.9. The number of nitrogens with one attached hydrogen (secondary N) is 2. The Morgan fingerprint density at radius 2 is 1.75 bits per heavy atom. The van der Waals surface area contributed by atoms with Crippen LogP contribution in [0, 0.1) is 11.8 Å². The molecule has 0 spiro atoms. The number of hydrogen-bond donors (Lipinski definition) is 3. The molecule has 3 unspecified atom stereocenters. The largest absolute Gasteiger partial charge is 0.394 e. The monoisotopic (exact) mass is 510 g/mol. The molecule has 3 amide bonds. The minimum Gasteiger partial charge on any atom is -0.394 e. The van der Waals surface area contributed by atoms with E-state index in [1.807, 2.05) is 33.8 Å². The van der Waals surface area contributed by atoms with E-state index in [1.54, 1.807) is 18.9 Å². The van der Waals surface area contributed by atoms with Crippen LogP contribution in [0.5, 0.6) is 0 Å². The summed E-state index contributed by atoms with van der Waals surface area (Å²) in [7, 11) is 1.74. The number of rotatable bonds is 14. The Hall–Kier alpha value is -1.97. The predicted octanol–water partition coefficient (Wildman–Crippen LogP) is 1.94. The lowest BCUT2D eigenvalue weighted by Gasteiger charge is -2.39. The van der Waals surface area contributed by atoms with Gasteiger partial charge in [-0.3, -0.25) is 19.3 Å². The van der Waals surface area contributed by atoms with Crippen molar-refractivity contribution in [2.45, 2.75) is 91.9 Å². The molecule has 9 nitrogen and oxygen atoms in total. The maximum Gasteiger partial charge on any atom is 0.246 e. The number of carbonyl (C=O) groups is 3. The van der Waals surface area contributed by atoms with Gasteiger partial charge in [0.05, 0.1) is 31.9 Å². The lowest BCUT2D eigenvalue weighted by molar-refractivity contribution is -0.140. The van der Waals surface area contributed by atoms with Gasteiger partial charge in [0.25, 0.3) is 0 Å². The van der Waals surface area contributed by atoms with Crippen molar-refractivity contribution >= 4 is 17.7 Å². The van der Waals surface area contributed by atoms with Crippen LogP contribution in [0.2, 0.25) is 0 Å². The Morgan fingerprint density at radius 3 is 2.31 bits per heavy atom. The number of likely N-dealkylation sites (tertiary alicyclic amines) is 1. The zero-order chi connectivity index (χ0) is 27.4. The number of piperidine rings is 1. The van der Waals surface area contributed by atoms with Crippen molar-refractivity contribution in [3.63, 3.8) is 0 Å². The Balaban J connectivity index is 2.94. The second kappa shape index (κ2) is 16.0. The Kier molecular flexibility index (Phi) is 14.2. The summed E-state index contributed by atoms with van der Waals surface area (Å²) in [6, 6.07) is -0.909. The quantitative estimate of drug-likeness (QED) is 0.243. The molecule has 0 bridgehead atoms. The van der Waals surface area contributed by atoms with Gasteiger partial charge in [0.1, 0.15) is 6.04 Å². The van der Waals surface area contributed by atoms with Gasteiger partial charge in [0, 0.05) is 25.2 Å². The van der Waals surface area contributed by atoms with Gasteiger partial charge in [-0.25, -0.2) is 0 Å². The van der Waals surface area contributed by atoms with Crippen molar-refractivity contribution in [1.29, 1.82) is 0 Å². The molecule has 36 heavy (non-hydrogen) atoms. The molecule has 9 heteroatoms. The highest BCUT2D eigenvalue weighted by atomic mass is 16.5. The summed E-state index contributed by atoms with van der Waals surface area (Å²) >= 11 is 0. The molecule has 0 aromatic rings. The van der Waals surface area contributed by atoms with Crippen LogP contribution in [-0.2, 0) is 19.1 Å². The van der Waals surface area contributed by atoms with E-state index in [0.717, 1.165) is 25.8 Å². The summed E-state index contributed by atoms with van der Waals surface area (Å²) < 4.78 is 5.17. The third-order valence-corrected chi connectivity index (χ3v) is 6.77. The zero-order valence-electron chi connectivity index (χ0n) is 23.7. The van der Waals surface area contributed by atoms with Gasteiger partial charge in [0.15, 0.2) is 0 Å². The molecule has 0 saturated carbocycles. The van der Waals surface area contributed by atoms with Crippen LogP contribution in [0.25, 0.3) is 0 Å². The highest BCUT2D eigenvalue weighted by Gasteiger charge is 2.35. The van der Waals surface area contributed by atoms with Crippen LogP contribution in [0.3, 0.4) is 0 Å². The number of hydrogen-bond acceptors (Lipinski definition) is 6. The van der Waals surface area contributed by atoms with Gasteiger partial charge >= 0.3 is 0 Å². The summed E-state index contributed by atoms with van der Waals surface area (Å²) in [6.07, 6.45) is 4.71. The fourth-order valence-corrected chi connectivity index (χ4v) is 4.61. The van der Waals surface area contributed by atoms with E-state index in [9.17, 15) is 14.4 Å².